The number of hydrogen-bond acceptors (Lipinski definition) is 2. The van der Waals surface area contributed by atoms with E-state index in [1.807, 2.05) is 6.07 Å². The quantitative estimate of drug-likeness (QED) is 0.858. The van der Waals surface area contributed by atoms with E-state index in [0.717, 1.165) is 18.0 Å². The highest BCUT2D eigenvalue weighted by atomic mass is 19.1. The summed E-state index contributed by atoms with van der Waals surface area (Å²) in [4.78, 5) is 0. The molecule has 1 aromatic rings. The van der Waals surface area contributed by atoms with E-state index >= 15 is 0 Å². The Morgan fingerprint density at radius 3 is 2.78 bits per heavy atom. The molecule has 0 amide bonds. The monoisotopic (exact) mass is 246 g/mol. The largest absolute Gasteiger partial charge is 0.382 e. The number of benzene rings is 1. The second-order valence-corrected chi connectivity index (χ2v) is 5.45. The van der Waals surface area contributed by atoms with Gasteiger partial charge in [-0.2, -0.15) is 5.26 Å². The second kappa shape index (κ2) is 5.39. The van der Waals surface area contributed by atoms with Gasteiger partial charge in [-0.05, 0) is 49.3 Å². The summed E-state index contributed by atoms with van der Waals surface area (Å²) >= 11 is 0. The lowest BCUT2D eigenvalue weighted by Crippen LogP contribution is -2.33. The fourth-order valence-electron chi connectivity index (χ4n) is 2.79. The molecule has 0 aromatic heterocycles. The summed E-state index contributed by atoms with van der Waals surface area (Å²) in [5.74, 6) is 0.957. The number of rotatable bonds is 2. The average molecular weight is 246 g/mol. The number of nitrogens with one attached hydrogen (secondary N) is 1. The number of halogens is 1. The van der Waals surface area contributed by atoms with E-state index < -0.39 is 5.82 Å². The van der Waals surface area contributed by atoms with Crippen molar-refractivity contribution < 1.29 is 4.39 Å². The molecule has 18 heavy (non-hydrogen) atoms. The van der Waals surface area contributed by atoms with Gasteiger partial charge in [-0.1, -0.05) is 13.8 Å². The average Bonchev–Trinajstić information content (AvgIpc) is 2.35. The third kappa shape index (κ3) is 2.81. The van der Waals surface area contributed by atoms with Gasteiger partial charge in [-0.15, -0.1) is 0 Å². The van der Waals surface area contributed by atoms with Crippen LogP contribution in [-0.4, -0.2) is 6.04 Å². The molecule has 0 saturated heterocycles. The fraction of sp³-hybridized carbons (Fsp3) is 0.533. The lowest BCUT2D eigenvalue weighted by atomic mass is 9.80. The van der Waals surface area contributed by atoms with Crippen molar-refractivity contribution in [3.8, 4) is 6.07 Å². The normalized spacial score (nSPS) is 27.6. The summed E-state index contributed by atoms with van der Waals surface area (Å²) in [6, 6.07) is 6.97. The molecular weight excluding hydrogens is 227 g/mol. The van der Waals surface area contributed by atoms with E-state index in [0.29, 0.717) is 12.0 Å². The first-order valence-corrected chi connectivity index (χ1v) is 6.56. The van der Waals surface area contributed by atoms with Gasteiger partial charge >= 0.3 is 0 Å². The van der Waals surface area contributed by atoms with Crippen LogP contribution in [0.2, 0.25) is 0 Å². The molecule has 0 heterocycles. The van der Waals surface area contributed by atoms with Crippen LogP contribution in [0, 0.1) is 29.0 Å². The van der Waals surface area contributed by atoms with Crippen LogP contribution in [0.4, 0.5) is 10.1 Å². The predicted molar refractivity (Wildman–Crippen MR) is 70.7 cm³/mol. The van der Waals surface area contributed by atoms with Crippen LogP contribution in [-0.2, 0) is 0 Å². The molecule has 1 saturated carbocycles. The van der Waals surface area contributed by atoms with E-state index in [1.54, 1.807) is 12.1 Å². The van der Waals surface area contributed by atoms with E-state index in [-0.39, 0.29) is 5.56 Å². The van der Waals surface area contributed by atoms with Crippen LogP contribution < -0.4 is 5.32 Å². The second-order valence-electron chi connectivity index (χ2n) is 5.45. The fourth-order valence-corrected chi connectivity index (χ4v) is 2.79. The van der Waals surface area contributed by atoms with Crippen molar-refractivity contribution in [2.75, 3.05) is 5.32 Å². The Bertz CT molecular complexity index is 464. The van der Waals surface area contributed by atoms with Gasteiger partial charge in [0.15, 0.2) is 0 Å². The Morgan fingerprint density at radius 2 is 2.11 bits per heavy atom. The van der Waals surface area contributed by atoms with Gasteiger partial charge < -0.3 is 5.32 Å². The number of hydrogen-bond donors (Lipinski definition) is 1. The van der Waals surface area contributed by atoms with Crippen LogP contribution in [0.5, 0.6) is 0 Å². The van der Waals surface area contributed by atoms with Gasteiger partial charge in [0.1, 0.15) is 11.9 Å². The Kier molecular flexibility index (Phi) is 3.86. The third-order valence-electron chi connectivity index (χ3n) is 3.87. The summed E-state index contributed by atoms with van der Waals surface area (Å²) in [7, 11) is 0. The minimum atomic E-state index is -0.451. The highest BCUT2D eigenvalue weighted by molar-refractivity contribution is 5.50. The molecule has 1 aliphatic carbocycles. The molecule has 0 aliphatic heterocycles. The Hall–Kier alpha value is -1.56. The maximum absolute atomic E-state index is 13.2. The van der Waals surface area contributed by atoms with Crippen LogP contribution >= 0.6 is 0 Å². The molecule has 1 N–H and O–H groups in total. The Labute approximate surface area is 108 Å². The zero-order chi connectivity index (χ0) is 13.1. The molecular formula is C15H19FN2. The summed E-state index contributed by atoms with van der Waals surface area (Å²) in [6.07, 6.45) is 3.60. The highest BCUT2D eigenvalue weighted by Crippen LogP contribution is 2.31. The number of anilines is 1. The van der Waals surface area contributed by atoms with Gasteiger partial charge in [0.05, 0.1) is 5.56 Å². The Morgan fingerprint density at radius 1 is 1.33 bits per heavy atom. The molecule has 1 aromatic carbocycles. The molecule has 2 rings (SSSR count). The van der Waals surface area contributed by atoms with Crippen molar-refractivity contribution in [2.24, 2.45) is 11.8 Å². The molecule has 1 aliphatic rings. The first kappa shape index (κ1) is 12.9. The lowest BCUT2D eigenvalue weighted by molar-refractivity contribution is 0.276. The van der Waals surface area contributed by atoms with E-state index in [2.05, 4.69) is 19.2 Å². The lowest BCUT2D eigenvalue weighted by Gasteiger charge is -2.33. The number of nitrogens with zero attached hydrogens (tertiary/aromatic N) is 1. The standard InChI is InChI=1S/C15H19FN2/c1-10-3-6-15(11(2)7-10)18-13-4-5-14(16)12(8-13)9-17/h4-5,8,10-11,15,18H,3,6-7H2,1-2H3. The van der Waals surface area contributed by atoms with Gasteiger partial charge in [0.2, 0.25) is 0 Å². The zero-order valence-corrected chi connectivity index (χ0v) is 10.9. The van der Waals surface area contributed by atoms with Crippen molar-refractivity contribution in [2.45, 2.75) is 39.2 Å². The smallest absolute Gasteiger partial charge is 0.141 e. The minimum Gasteiger partial charge on any atom is -0.382 e. The summed E-state index contributed by atoms with van der Waals surface area (Å²) < 4.78 is 13.2. The van der Waals surface area contributed by atoms with Crippen molar-refractivity contribution in [3.63, 3.8) is 0 Å². The molecule has 1 fully saturated rings. The molecule has 0 bridgehead atoms. The van der Waals surface area contributed by atoms with Gasteiger partial charge in [-0.3, -0.25) is 0 Å². The first-order chi connectivity index (χ1) is 8.60. The number of nitriles is 1. The van der Waals surface area contributed by atoms with Gasteiger partial charge in [-0.25, -0.2) is 4.39 Å². The topological polar surface area (TPSA) is 35.8 Å². The van der Waals surface area contributed by atoms with Crippen molar-refractivity contribution in [3.05, 3.63) is 29.6 Å². The molecule has 0 spiro atoms. The maximum Gasteiger partial charge on any atom is 0.141 e. The molecule has 3 unspecified atom stereocenters. The van der Waals surface area contributed by atoms with Crippen LogP contribution in [0.25, 0.3) is 0 Å². The minimum absolute atomic E-state index is 0.108. The summed E-state index contributed by atoms with van der Waals surface area (Å²) in [5.41, 5.74) is 0.955. The van der Waals surface area contributed by atoms with Crippen LogP contribution in [0.1, 0.15) is 38.7 Å². The maximum atomic E-state index is 13.2. The highest BCUT2D eigenvalue weighted by Gasteiger charge is 2.25. The SMILES string of the molecule is CC1CCC(Nc2ccc(F)c(C#N)c2)C(C)C1. The van der Waals surface area contributed by atoms with E-state index in [4.69, 9.17) is 5.26 Å². The molecule has 3 atom stereocenters. The van der Waals surface area contributed by atoms with Crippen molar-refractivity contribution >= 4 is 5.69 Å². The van der Waals surface area contributed by atoms with Crippen LogP contribution in [0.15, 0.2) is 18.2 Å². The summed E-state index contributed by atoms with van der Waals surface area (Å²) in [5, 5.41) is 12.3. The predicted octanol–water partition coefficient (Wildman–Crippen LogP) is 3.93. The molecule has 2 nitrogen and oxygen atoms in total. The molecule has 96 valence electrons. The molecule has 0 radical (unpaired) electrons. The van der Waals surface area contributed by atoms with Crippen molar-refractivity contribution in [1.29, 1.82) is 5.26 Å². The van der Waals surface area contributed by atoms with Crippen LogP contribution in [0.3, 0.4) is 0 Å². The van der Waals surface area contributed by atoms with Crippen molar-refractivity contribution in [1.82, 2.24) is 0 Å². The third-order valence-corrected chi connectivity index (χ3v) is 3.87. The Balaban J connectivity index is 2.08. The van der Waals surface area contributed by atoms with Gasteiger partial charge in [0, 0.05) is 11.7 Å². The van der Waals surface area contributed by atoms with E-state index in [1.165, 1.54) is 18.9 Å². The van der Waals surface area contributed by atoms with Gasteiger partial charge in [0.25, 0.3) is 0 Å². The summed E-state index contributed by atoms with van der Waals surface area (Å²) in [6.45, 7) is 4.54. The van der Waals surface area contributed by atoms with E-state index in [9.17, 15) is 4.39 Å². The molecule has 3 heteroatoms. The zero-order valence-electron chi connectivity index (χ0n) is 10.9. The first-order valence-electron chi connectivity index (χ1n) is 6.56.